The molecule has 0 aromatic heterocycles. The third kappa shape index (κ3) is 4.08. The molecule has 1 aromatic rings. The molecular formula is C19H31NO. The molecule has 1 saturated carbocycles. The highest BCUT2D eigenvalue weighted by molar-refractivity contribution is 5.38. The maximum atomic E-state index is 9.53. The number of nitrogens with one attached hydrogen (secondary N) is 1. The first kappa shape index (κ1) is 16.5. The number of aliphatic hydroxyl groups excluding tert-OH is 1. The second-order valence-corrected chi connectivity index (χ2v) is 6.91. The fourth-order valence-corrected chi connectivity index (χ4v) is 3.68. The van der Waals surface area contributed by atoms with Crippen LogP contribution in [-0.4, -0.2) is 18.3 Å². The number of aryl methyl sites for hydroxylation is 3. The molecule has 0 heterocycles. The molecule has 1 aromatic carbocycles. The van der Waals surface area contributed by atoms with E-state index < -0.39 is 0 Å². The van der Waals surface area contributed by atoms with Crippen molar-refractivity contribution >= 4 is 0 Å². The molecule has 0 radical (unpaired) electrons. The second kappa shape index (κ2) is 7.42. The van der Waals surface area contributed by atoms with Crippen LogP contribution in [0.15, 0.2) is 12.1 Å². The van der Waals surface area contributed by atoms with Crippen molar-refractivity contribution in [1.82, 2.24) is 5.32 Å². The van der Waals surface area contributed by atoms with Gasteiger partial charge in [0.25, 0.3) is 0 Å². The van der Waals surface area contributed by atoms with Gasteiger partial charge in [0.2, 0.25) is 0 Å². The highest BCUT2D eigenvalue weighted by Gasteiger charge is 2.24. The first-order valence-electron chi connectivity index (χ1n) is 8.45. The summed E-state index contributed by atoms with van der Waals surface area (Å²) < 4.78 is 0. The fourth-order valence-electron chi connectivity index (χ4n) is 3.68. The lowest BCUT2D eigenvalue weighted by atomic mass is 9.79. The van der Waals surface area contributed by atoms with Gasteiger partial charge in [0.15, 0.2) is 0 Å². The summed E-state index contributed by atoms with van der Waals surface area (Å²) in [6.45, 7) is 10.2. The predicted octanol–water partition coefficient (Wildman–Crippen LogP) is 4.06. The van der Waals surface area contributed by atoms with Crippen LogP contribution in [0, 0.1) is 32.6 Å². The molecule has 0 spiro atoms. The monoisotopic (exact) mass is 289 g/mol. The van der Waals surface area contributed by atoms with Crippen LogP contribution in [-0.2, 0) is 0 Å². The average molecular weight is 289 g/mol. The lowest BCUT2D eigenvalue weighted by Gasteiger charge is -2.31. The fraction of sp³-hybridized carbons (Fsp3) is 0.684. The van der Waals surface area contributed by atoms with Crippen molar-refractivity contribution in [3.8, 4) is 0 Å². The molecule has 0 amide bonds. The number of hydrogen-bond acceptors (Lipinski definition) is 2. The summed E-state index contributed by atoms with van der Waals surface area (Å²) in [5.74, 6) is 1.14. The summed E-state index contributed by atoms with van der Waals surface area (Å²) >= 11 is 0. The van der Waals surface area contributed by atoms with Crippen molar-refractivity contribution in [3.05, 3.63) is 34.4 Å². The van der Waals surface area contributed by atoms with Crippen molar-refractivity contribution in [2.45, 2.75) is 59.4 Å². The van der Waals surface area contributed by atoms with E-state index in [1.54, 1.807) is 0 Å². The Morgan fingerprint density at radius 1 is 1.05 bits per heavy atom. The molecule has 2 N–H and O–H groups in total. The smallest absolute Gasteiger partial charge is 0.0462 e. The summed E-state index contributed by atoms with van der Waals surface area (Å²) in [6, 6.07) is 5.00. The largest absolute Gasteiger partial charge is 0.396 e. The molecule has 2 rings (SSSR count). The summed E-state index contributed by atoms with van der Waals surface area (Å²) in [6.07, 6.45) is 5.06. The lowest BCUT2D eigenvalue weighted by Crippen LogP contribution is -2.33. The van der Waals surface area contributed by atoms with Crippen molar-refractivity contribution in [2.75, 3.05) is 13.2 Å². The van der Waals surface area contributed by atoms with E-state index in [4.69, 9.17) is 0 Å². The molecule has 2 nitrogen and oxygen atoms in total. The van der Waals surface area contributed by atoms with Gasteiger partial charge in [-0.05, 0) is 81.2 Å². The van der Waals surface area contributed by atoms with Crippen LogP contribution in [0.2, 0.25) is 0 Å². The molecule has 21 heavy (non-hydrogen) atoms. The second-order valence-electron chi connectivity index (χ2n) is 6.91. The van der Waals surface area contributed by atoms with E-state index in [0.717, 1.165) is 6.54 Å². The normalized spacial score (nSPS) is 24.0. The van der Waals surface area contributed by atoms with Gasteiger partial charge in [-0.25, -0.2) is 0 Å². The van der Waals surface area contributed by atoms with Crippen LogP contribution >= 0.6 is 0 Å². The van der Waals surface area contributed by atoms with Gasteiger partial charge in [-0.1, -0.05) is 25.0 Å². The van der Waals surface area contributed by atoms with E-state index in [1.807, 2.05) is 0 Å². The van der Waals surface area contributed by atoms with Crippen molar-refractivity contribution in [1.29, 1.82) is 0 Å². The third-order valence-electron chi connectivity index (χ3n) is 5.34. The molecular weight excluding hydrogens is 258 g/mol. The Morgan fingerprint density at radius 3 is 2.33 bits per heavy atom. The van der Waals surface area contributed by atoms with Crippen LogP contribution in [0.1, 0.15) is 60.9 Å². The Hall–Kier alpha value is -0.860. The minimum Gasteiger partial charge on any atom is -0.396 e. The van der Waals surface area contributed by atoms with Crippen LogP contribution in [0.3, 0.4) is 0 Å². The molecule has 1 aliphatic rings. The Bertz CT molecular complexity index is 469. The van der Waals surface area contributed by atoms with Gasteiger partial charge in [-0.15, -0.1) is 0 Å². The quantitative estimate of drug-likeness (QED) is 0.856. The molecule has 0 aliphatic heterocycles. The van der Waals surface area contributed by atoms with Gasteiger partial charge >= 0.3 is 0 Å². The maximum Gasteiger partial charge on any atom is 0.0462 e. The minimum absolute atomic E-state index is 0.351. The Morgan fingerprint density at radius 2 is 1.67 bits per heavy atom. The first-order valence-corrected chi connectivity index (χ1v) is 8.45. The molecule has 0 saturated heterocycles. The van der Waals surface area contributed by atoms with E-state index in [2.05, 4.69) is 45.1 Å². The van der Waals surface area contributed by atoms with Gasteiger partial charge < -0.3 is 10.4 Å². The number of hydrogen-bond donors (Lipinski definition) is 2. The summed E-state index contributed by atoms with van der Waals surface area (Å²) in [5.41, 5.74) is 5.53. The van der Waals surface area contributed by atoms with Gasteiger partial charge in [-0.2, -0.15) is 0 Å². The van der Waals surface area contributed by atoms with Crippen molar-refractivity contribution in [3.63, 3.8) is 0 Å². The van der Waals surface area contributed by atoms with Crippen LogP contribution < -0.4 is 5.32 Å². The van der Waals surface area contributed by atoms with E-state index in [9.17, 15) is 5.11 Å². The molecule has 118 valence electrons. The van der Waals surface area contributed by atoms with E-state index in [0.29, 0.717) is 24.5 Å². The zero-order valence-corrected chi connectivity index (χ0v) is 14.1. The summed E-state index contributed by atoms with van der Waals surface area (Å²) in [5, 5.41) is 13.2. The Labute approximate surface area is 130 Å². The minimum atomic E-state index is 0.351. The molecule has 1 fully saturated rings. The van der Waals surface area contributed by atoms with E-state index in [1.165, 1.54) is 47.9 Å². The highest BCUT2D eigenvalue weighted by atomic mass is 16.3. The van der Waals surface area contributed by atoms with Gasteiger partial charge in [-0.3, -0.25) is 0 Å². The van der Waals surface area contributed by atoms with Gasteiger partial charge in [0.1, 0.15) is 0 Å². The zero-order valence-electron chi connectivity index (χ0n) is 14.1. The molecule has 3 atom stereocenters. The van der Waals surface area contributed by atoms with Crippen LogP contribution in [0.5, 0.6) is 0 Å². The van der Waals surface area contributed by atoms with Crippen LogP contribution in [0.25, 0.3) is 0 Å². The number of benzene rings is 1. The summed E-state index contributed by atoms with van der Waals surface area (Å²) in [7, 11) is 0. The molecule has 2 heteroatoms. The van der Waals surface area contributed by atoms with E-state index in [-0.39, 0.29) is 0 Å². The van der Waals surface area contributed by atoms with Gasteiger partial charge in [0.05, 0.1) is 0 Å². The highest BCUT2D eigenvalue weighted by Crippen LogP contribution is 2.30. The SMILES string of the molecule is Cc1cc(C)c(C(C)NCC2CCCCC2CO)cc1C. The molecule has 0 bridgehead atoms. The lowest BCUT2D eigenvalue weighted by molar-refractivity contribution is 0.131. The van der Waals surface area contributed by atoms with Crippen LogP contribution in [0.4, 0.5) is 0 Å². The number of aliphatic hydroxyl groups is 1. The maximum absolute atomic E-state index is 9.53. The first-order chi connectivity index (χ1) is 10.0. The molecule has 1 aliphatic carbocycles. The third-order valence-corrected chi connectivity index (χ3v) is 5.34. The Kier molecular flexibility index (Phi) is 5.83. The predicted molar refractivity (Wildman–Crippen MR) is 89.6 cm³/mol. The van der Waals surface area contributed by atoms with Crippen molar-refractivity contribution in [2.24, 2.45) is 11.8 Å². The topological polar surface area (TPSA) is 32.3 Å². The standard InChI is InChI=1S/C19H31NO/c1-13-9-15(3)19(10-14(13)2)16(4)20-11-17-7-5-6-8-18(17)12-21/h9-10,16-18,20-21H,5-8,11-12H2,1-4H3. The summed E-state index contributed by atoms with van der Waals surface area (Å²) in [4.78, 5) is 0. The number of rotatable bonds is 5. The zero-order chi connectivity index (χ0) is 15.4. The molecule has 3 unspecified atom stereocenters. The van der Waals surface area contributed by atoms with Gasteiger partial charge in [0, 0.05) is 12.6 Å². The van der Waals surface area contributed by atoms with Crippen molar-refractivity contribution < 1.29 is 5.11 Å². The average Bonchev–Trinajstić information content (AvgIpc) is 2.48. The Balaban J connectivity index is 1.98. The van der Waals surface area contributed by atoms with E-state index >= 15 is 0 Å².